The number of rotatable bonds is 2. The van der Waals surface area contributed by atoms with Gasteiger partial charge in [0, 0.05) is 0 Å². The van der Waals surface area contributed by atoms with E-state index in [1.165, 1.54) is 0 Å². The van der Waals surface area contributed by atoms with Gasteiger partial charge in [0.2, 0.25) is 0 Å². The van der Waals surface area contributed by atoms with Gasteiger partial charge in [0.1, 0.15) is 15.2 Å². The van der Waals surface area contributed by atoms with E-state index in [9.17, 15) is 4.79 Å². The molecule has 0 saturated carbocycles. The Morgan fingerprint density at radius 3 is 1.80 bits per heavy atom. The summed E-state index contributed by atoms with van der Waals surface area (Å²) in [5.74, 6) is -0.910. The van der Waals surface area contributed by atoms with Crippen molar-refractivity contribution in [2.45, 2.75) is 19.9 Å². The molecule has 0 aromatic heterocycles. The van der Waals surface area contributed by atoms with Crippen LogP contribution in [-0.2, 0) is 9.36 Å². The van der Waals surface area contributed by atoms with Crippen LogP contribution in [0.25, 0.3) is 0 Å². The first-order valence-electron chi connectivity index (χ1n) is 2.74. The smallest absolute Gasteiger partial charge is 0.320 e. The van der Waals surface area contributed by atoms with Crippen LogP contribution in [0.4, 0.5) is 0 Å². The first-order valence-corrected chi connectivity index (χ1v) is 3.15. The fraction of sp³-hybridized carbons (Fsp3) is 0.800. The Morgan fingerprint density at radius 1 is 1.50 bits per heavy atom. The van der Waals surface area contributed by atoms with Crippen molar-refractivity contribution in [1.82, 2.24) is 0 Å². The Labute approximate surface area is 62.0 Å². The molecule has 0 aliphatic heterocycles. The third kappa shape index (κ3) is 5.66. The predicted octanol–water partition coefficient (Wildman–Crippen LogP) is 0.529. The Hall–Kier alpha value is -0.470. The average Bonchev–Trinajstić information content (AvgIpc) is 1.90. The molecule has 0 aliphatic rings. The Kier molecular flexibility index (Phi) is 8.13. The van der Waals surface area contributed by atoms with Crippen LogP contribution in [0.2, 0.25) is 0 Å². The zero-order chi connectivity index (χ0) is 8.73. The van der Waals surface area contributed by atoms with E-state index in [4.69, 9.17) is 15.4 Å². The summed E-state index contributed by atoms with van der Waals surface area (Å²) in [6.07, 6.45) is 0. The Morgan fingerprint density at radius 2 is 1.80 bits per heavy atom. The maximum absolute atomic E-state index is 10.0. The van der Waals surface area contributed by atoms with Crippen molar-refractivity contribution in [2.75, 3.05) is 0 Å². The van der Waals surface area contributed by atoms with Crippen molar-refractivity contribution in [3.8, 4) is 0 Å². The molecule has 1 atom stereocenters. The Balaban J connectivity index is 0. The molecular formula is C5H12NO3P. The van der Waals surface area contributed by atoms with Gasteiger partial charge in [-0.25, -0.2) is 0 Å². The van der Waals surface area contributed by atoms with E-state index in [-0.39, 0.29) is 5.92 Å². The normalized spacial score (nSPS) is 11.6. The van der Waals surface area contributed by atoms with Crippen LogP contribution in [0, 0.1) is 5.92 Å². The Bertz CT molecular complexity index is 107. The maximum atomic E-state index is 10.0. The van der Waals surface area contributed by atoms with E-state index in [0.29, 0.717) is 0 Å². The van der Waals surface area contributed by atoms with Crippen molar-refractivity contribution in [3.63, 3.8) is 0 Å². The summed E-state index contributed by atoms with van der Waals surface area (Å²) in [5, 5.41) is 8.23. The summed E-state index contributed by atoms with van der Waals surface area (Å²) in [6.45, 7) is 3.55. The van der Waals surface area contributed by atoms with E-state index in [2.05, 4.69) is 0 Å². The molecule has 60 valence electrons. The standard InChI is InChI=1S/C5H11NO2.HOP/c1-3(2)4(6)5(7)8;1-2/h3-4H,6H2,1-2H3,(H,7,8);2H/t4-;/m0./s1. The molecule has 0 saturated heterocycles. The molecule has 3 N–H and O–H groups in total. The van der Waals surface area contributed by atoms with Gasteiger partial charge in [-0.2, -0.15) is 0 Å². The van der Waals surface area contributed by atoms with Crippen molar-refractivity contribution in [3.05, 3.63) is 0 Å². The molecule has 0 rings (SSSR count). The highest BCUT2D eigenvalue weighted by atomic mass is 31.0. The molecule has 5 heteroatoms. The van der Waals surface area contributed by atoms with Gasteiger partial charge >= 0.3 is 5.97 Å². The minimum Gasteiger partial charge on any atom is -0.480 e. The zero-order valence-electron chi connectivity index (χ0n) is 6.00. The molecule has 0 heterocycles. The number of hydrogen-bond acceptors (Lipinski definition) is 3. The van der Waals surface area contributed by atoms with E-state index < -0.39 is 12.0 Å². The summed E-state index contributed by atoms with van der Waals surface area (Å²) in [5.41, 5.74) is 5.16. The van der Waals surface area contributed by atoms with Gasteiger partial charge in [-0.3, -0.25) is 9.36 Å². The van der Waals surface area contributed by atoms with Crippen molar-refractivity contribution < 1.29 is 14.5 Å². The summed E-state index contributed by atoms with van der Waals surface area (Å²) in [4.78, 5) is 10.0. The van der Waals surface area contributed by atoms with Crippen molar-refractivity contribution in [2.24, 2.45) is 11.7 Å². The molecule has 0 fully saturated rings. The molecule has 4 nitrogen and oxygen atoms in total. The number of carboxylic acid groups (broad SMARTS) is 1. The second-order valence-corrected chi connectivity index (χ2v) is 2.11. The topological polar surface area (TPSA) is 80.4 Å². The van der Waals surface area contributed by atoms with Crippen molar-refractivity contribution >= 4 is 15.1 Å². The molecule has 0 radical (unpaired) electrons. The maximum Gasteiger partial charge on any atom is 0.320 e. The SMILES string of the molecule is CC(C)[C@H](N)C(=O)O.O=P. The third-order valence-electron chi connectivity index (χ3n) is 1.00. The summed E-state index contributed by atoms with van der Waals surface area (Å²) in [6, 6.07) is -0.713. The minimum absolute atomic E-state index is 0.0208. The first kappa shape index (κ1) is 12.2. The van der Waals surface area contributed by atoms with E-state index in [1.54, 1.807) is 23.0 Å². The van der Waals surface area contributed by atoms with Crippen LogP contribution in [0.5, 0.6) is 0 Å². The molecule has 0 unspecified atom stereocenters. The van der Waals surface area contributed by atoms with E-state index >= 15 is 0 Å². The van der Waals surface area contributed by atoms with Gasteiger partial charge in [-0.15, -0.1) is 0 Å². The van der Waals surface area contributed by atoms with Gasteiger partial charge in [0.15, 0.2) is 0 Å². The van der Waals surface area contributed by atoms with Crippen LogP contribution in [0.3, 0.4) is 0 Å². The molecule has 10 heavy (non-hydrogen) atoms. The zero-order valence-corrected chi connectivity index (χ0v) is 7.00. The number of nitrogens with two attached hydrogens (primary N) is 1. The summed E-state index contributed by atoms with van der Waals surface area (Å²) >= 11 is 0. The van der Waals surface area contributed by atoms with Crippen LogP contribution in [0.1, 0.15) is 13.8 Å². The highest BCUT2D eigenvalue weighted by Crippen LogP contribution is 1.96. The van der Waals surface area contributed by atoms with Crippen LogP contribution in [0.15, 0.2) is 0 Å². The summed E-state index contributed by atoms with van der Waals surface area (Å²) < 4.78 is 8.06. The lowest BCUT2D eigenvalue weighted by Gasteiger charge is -2.07. The molecule has 0 aromatic carbocycles. The minimum atomic E-state index is -0.931. The van der Waals surface area contributed by atoms with Crippen LogP contribution < -0.4 is 5.73 Å². The summed E-state index contributed by atoms with van der Waals surface area (Å²) in [7, 11) is 1.72. The lowest BCUT2D eigenvalue weighted by molar-refractivity contribution is -0.139. The lowest BCUT2D eigenvalue weighted by Crippen LogP contribution is -2.34. The quantitative estimate of drug-likeness (QED) is 0.585. The largest absolute Gasteiger partial charge is 0.480 e. The molecular weight excluding hydrogens is 153 g/mol. The molecule has 0 bridgehead atoms. The molecule has 0 amide bonds. The number of aliphatic carboxylic acids is 1. The fourth-order valence-electron chi connectivity index (χ4n) is 0.285. The van der Waals surface area contributed by atoms with E-state index in [0.717, 1.165) is 0 Å². The highest BCUT2D eigenvalue weighted by Gasteiger charge is 2.14. The molecule has 0 spiro atoms. The van der Waals surface area contributed by atoms with Gasteiger partial charge in [0.05, 0.1) is 0 Å². The average molecular weight is 165 g/mol. The van der Waals surface area contributed by atoms with Gasteiger partial charge in [-0.05, 0) is 5.92 Å². The second-order valence-electron chi connectivity index (χ2n) is 2.11. The van der Waals surface area contributed by atoms with Gasteiger partial charge in [-0.1, -0.05) is 13.8 Å². The molecule has 0 aliphatic carbocycles. The van der Waals surface area contributed by atoms with Gasteiger partial charge in [0.25, 0.3) is 0 Å². The fourth-order valence-corrected chi connectivity index (χ4v) is 0.285. The second kappa shape index (κ2) is 6.65. The molecule has 0 aromatic rings. The highest BCUT2D eigenvalue weighted by molar-refractivity contribution is 7.00. The van der Waals surface area contributed by atoms with Gasteiger partial charge < -0.3 is 10.8 Å². The third-order valence-corrected chi connectivity index (χ3v) is 1.00. The number of hydrogen-bond donors (Lipinski definition) is 2. The number of carbonyl (C=O) groups is 1. The predicted molar refractivity (Wildman–Crippen MR) is 39.5 cm³/mol. The van der Waals surface area contributed by atoms with Crippen LogP contribution >= 0.6 is 9.12 Å². The number of carboxylic acids is 1. The first-order chi connectivity index (χ1) is 4.55. The lowest BCUT2D eigenvalue weighted by atomic mass is 10.1. The monoisotopic (exact) mass is 165 g/mol. The van der Waals surface area contributed by atoms with Crippen LogP contribution in [-0.4, -0.2) is 17.1 Å². The van der Waals surface area contributed by atoms with Crippen molar-refractivity contribution in [1.29, 1.82) is 0 Å². The van der Waals surface area contributed by atoms with E-state index in [1.807, 2.05) is 0 Å².